The number of nitrogens with zero attached hydrogens (tertiary/aromatic N) is 1. The standard InChI is InChI=1S/C24BF20.C15H11Cl3NO3/c26-5-1(6(27)14(35)21(42)13(5)34)25(2-7(28)15(36)22(43)16(37)8(2)29,3-9(30)17(38)23(44)18(39)10(3)31)4-11(32)19(40)24(45)20(41)12(4)33;16-15(17,18)22-14(21)12-6-8-19(9-7-12)10-13(20)11-4-2-1-3-5-11/h;1-9H,10H2/q-1;+1. The molecule has 5 aromatic carbocycles. The van der Waals surface area contributed by atoms with Crippen LogP contribution >= 0.6 is 34.8 Å². The van der Waals surface area contributed by atoms with Crippen molar-refractivity contribution in [1.82, 2.24) is 0 Å². The molecule has 0 unspecified atom stereocenters. The van der Waals surface area contributed by atoms with Crippen LogP contribution in [0.2, 0.25) is 0 Å². The second kappa shape index (κ2) is 19.3. The molecule has 0 saturated carbocycles. The van der Waals surface area contributed by atoms with Crippen LogP contribution in [0.25, 0.3) is 0 Å². The van der Waals surface area contributed by atoms with Gasteiger partial charge in [-0.25, -0.2) is 92.6 Å². The van der Waals surface area contributed by atoms with E-state index in [2.05, 4.69) is 4.74 Å². The molecule has 4 nitrogen and oxygen atoms in total. The molecule has 0 aliphatic carbocycles. The first kappa shape index (κ1) is 51.9. The van der Waals surface area contributed by atoms with Crippen LogP contribution < -0.4 is 26.4 Å². The average Bonchev–Trinajstić information content (AvgIpc) is 3.29. The predicted molar refractivity (Wildman–Crippen MR) is 192 cm³/mol. The number of hydrogen-bond acceptors (Lipinski definition) is 3. The molecule has 0 aliphatic rings. The van der Waals surface area contributed by atoms with Gasteiger partial charge in [0, 0.05) is 17.7 Å². The predicted octanol–water partition coefficient (Wildman–Crippen LogP) is 9.19. The summed E-state index contributed by atoms with van der Waals surface area (Å²) in [5.41, 5.74) is -13.5. The van der Waals surface area contributed by atoms with Crippen molar-refractivity contribution < 1.29 is 107 Å². The fourth-order valence-electron chi connectivity index (χ4n) is 6.62. The topological polar surface area (TPSA) is 47.2 Å². The fourth-order valence-corrected chi connectivity index (χ4v) is 6.83. The highest BCUT2D eigenvalue weighted by molar-refractivity contribution is 7.20. The molecule has 0 aliphatic heterocycles. The van der Waals surface area contributed by atoms with Crippen LogP contribution in [0.3, 0.4) is 0 Å². The summed E-state index contributed by atoms with van der Waals surface area (Å²) in [5.74, 6) is -72.2. The van der Waals surface area contributed by atoms with Crippen LogP contribution in [-0.2, 0) is 11.3 Å². The Kier molecular flexibility index (Phi) is 14.9. The van der Waals surface area contributed by atoms with E-state index in [9.17, 15) is 62.3 Å². The third-order valence-corrected chi connectivity index (χ3v) is 9.70. The Hall–Kier alpha value is -6.08. The van der Waals surface area contributed by atoms with E-state index in [1.165, 1.54) is 12.1 Å². The number of esters is 1. The van der Waals surface area contributed by atoms with E-state index in [1.54, 1.807) is 41.2 Å². The molecule has 0 spiro atoms. The molecule has 0 radical (unpaired) electrons. The van der Waals surface area contributed by atoms with Crippen molar-refractivity contribution >= 4 is 74.6 Å². The molecule has 67 heavy (non-hydrogen) atoms. The summed E-state index contributed by atoms with van der Waals surface area (Å²) < 4.78 is 298. The number of aromatic nitrogens is 1. The molecule has 6 aromatic rings. The number of alkyl halides is 3. The minimum absolute atomic E-state index is 0.0396. The third kappa shape index (κ3) is 9.07. The summed E-state index contributed by atoms with van der Waals surface area (Å²) in [5, 5.41) is 0. The largest absolute Gasteiger partial charge is 0.411 e. The lowest BCUT2D eigenvalue weighted by Gasteiger charge is -2.44. The molecule has 1 heterocycles. The number of Topliss-reactive ketones (excluding diaryl/α,β-unsaturated/α-hetero) is 1. The minimum Gasteiger partial charge on any atom is -0.411 e. The van der Waals surface area contributed by atoms with Gasteiger partial charge in [-0.1, -0.05) is 30.3 Å². The Labute approximate surface area is 373 Å². The van der Waals surface area contributed by atoms with Gasteiger partial charge in [0.2, 0.25) is 12.3 Å². The number of carbonyl (C=O) groups excluding carboxylic acids is 2. The smallest absolute Gasteiger partial charge is 0.342 e. The van der Waals surface area contributed by atoms with Crippen molar-refractivity contribution in [1.29, 1.82) is 0 Å². The first-order valence-corrected chi connectivity index (χ1v) is 18.3. The second-order valence-electron chi connectivity index (χ2n) is 13.2. The van der Waals surface area contributed by atoms with E-state index < -0.39 is 154 Å². The van der Waals surface area contributed by atoms with Crippen molar-refractivity contribution in [2.45, 2.75) is 10.5 Å². The number of hydrogen-bond donors (Lipinski definition) is 0. The van der Waals surface area contributed by atoms with Crippen LogP contribution in [0.5, 0.6) is 0 Å². The number of carbonyl (C=O) groups is 2. The molecule has 0 saturated heterocycles. The average molecular weight is 1040 g/mol. The molecule has 0 fully saturated rings. The van der Waals surface area contributed by atoms with Gasteiger partial charge in [-0.15, -0.1) is 21.9 Å². The molecule has 0 atom stereocenters. The first-order chi connectivity index (χ1) is 31.1. The van der Waals surface area contributed by atoms with Crippen molar-refractivity contribution in [2.24, 2.45) is 0 Å². The molecule has 6 rings (SSSR count). The molecule has 0 amide bonds. The molecule has 1 aromatic heterocycles. The Bertz CT molecular complexity index is 2610. The van der Waals surface area contributed by atoms with Crippen LogP contribution in [0, 0.1) is 116 Å². The minimum atomic E-state index is -7.22. The molecule has 28 heteroatoms. The van der Waals surface area contributed by atoms with Crippen LogP contribution in [0.4, 0.5) is 87.8 Å². The fraction of sp³-hybridized carbons (Fsp3) is 0.0513. The number of halogens is 23. The Morgan fingerprint density at radius 2 is 0.657 bits per heavy atom. The van der Waals surface area contributed by atoms with Crippen LogP contribution in [0.15, 0.2) is 54.9 Å². The van der Waals surface area contributed by atoms with E-state index >= 15 is 35.1 Å². The van der Waals surface area contributed by atoms with Gasteiger partial charge in [-0.2, -0.15) is 4.57 Å². The number of ketones is 1. The van der Waals surface area contributed by atoms with E-state index in [0.29, 0.717) is 5.56 Å². The zero-order valence-electron chi connectivity index (χ0n) is 31.3. The van der Waals surface area contributed by atoms with Crippen LogP contribution in [0.1, 0.15) is 20.7 Å². The SMILES string of the molecule is Fc1c(F)c(F)c([B-](c2c(F)c(F)c(F)c(F)c2F)(c2c(F)c(F)c(F)c(F)c2F)c2c(F)c(F)c(F)c(F)c2F)c(F)c1F.O=C(C[n+]1ccc(C(=O)OC(Cl)(Cl)Cl)cc1)c1ccccc1. The highest BCUT2D eigenvalue weighted by Gasteiger charge is 2.52. The van der Waals surface area contributed by atoms with Crippen molar-refractivity contribution in [2.75, 3.05) is 0 Å². The maximum atomic E-state index is 15.4. The highest BCUT2D eigenvalue weighted by Crippen LogP contribution is 2.31. The summed E-state index contributed by atoms with van der Waals surface area (Å²) in [7, 11) is 0. The third-order valence-electron chi connectivity index (χ3n) is 9.46. The van der Waals surface area contributed by atoms with E-state index in [-0.39, 0.29) is 17.9 Å². The zero-order valence-corrected chi connectivity index (χ0v) is 33.6. The number of pyridine rings is 1. The van der Waals surface area contributed by atoms with Gasteiger partial charge in [0.05, 0.1) is 5.56 Å². The maximum Gasteiger partial charge on any atom is 0.342 e. The Balaban J connectivity index is 0.000000319. The van der Waals surface area contributed by atoms with Gasteiger partial charge in [-0.05, 0) is 34.8 Å². The summed E-state index contributed by atoms with van der Waals surface area (Å²) in [6, 6.07) is 11.9. The summed E-state index contributed by atoms with van der Waals surface area (Å²) in [4.78, 5) is 23.7. The van der Waals surface area contributed by atoms with Gasteiger partial charge in [0.25, 0.3) is 0 Å². The number of benzene rings is 5. The molecule has 354 valence electrons. The Morgan fingerprint density at radius 1 is 0.403 bits per heavy atom. The summed E-state index contributed by atoms with van der Waals surface area (Å²) in [6.45, 7) is 0.157. The highest BCUT2D eigenvalue weighted by atomic mass is 35.6. The van der Waals surface area contributed by atoms with Crippen molar-refractivity contribution in [3.8, 4) is 0 Å². The van der Waals surface area contributed by atoms with Gasteiger partial charge < -0.3 is 4.74 Å². The Morgan fingerprint density at radius 3 is 0.910 bits per heavy atom. The number of ether oxygens (including phenoxy) is 1. The van der Waals surface area contributed by atoms with E-state index in [4.69, 9.17) is 34.8 Å². The van der Waals surface area contributed by atoms with Crippen molar-refractivity contribution in [3.05, 3.63) is 182 Å². The molecular weight excluding hydrogens is 1030 g/mol. The number of rotatable bonds is 8. The lowest BCUT2D eigenvalue weighted by Crippen LogP contribution is -2.81. The summed E-state index contributed by atoms with van der Waals surface area (Å²) in [6.07, 6.45) is -4.06. The van der Waals surface area contributed by atoms with E-state index in [0.717, 1.165) is 0 Å². The molecular formula is C39H11BCl3F20NO3. The first-order valence-electron chi connectivity index (χ1n) is 17.2. The van der Waals surface area contributed by atoms with Crippen molar-refractivity contribution in [3.63, 3.8) is 0 Å². The zero-order chi connectivity index (χ0) is 50.5. The van der Waals surface area contributed by atoms with Crippen LogP contribution in [-0.4, -0.2) is 21.9 Å². The molecule has 0 N–H and O–H groups in total. The van der Waals surface area contributed by atoms with E-state index in [1.807, 2.05) is 6.07 Å². The van der Waals surface area contributed by atoms with Gasteiger partial charge in [0.1, 0.15) is 52.7 Å². The normalized spacial score (nSPS) is 11.7. The molecule has 0 bridgehead atoms. The second-order valence-corrected chi connectivity index (χ2v) is 15.4. The van der Waals surface area contributed by atoms with Gasteiger partial charge in [-0.3, -0.25) is 4.79 Å². The quantitative estimate of drug-likeness (QED) is 0.0224. The van der Waals surface area contributed by atoms with Gasteiger partial charge in [0.15, 0.2) is 82.2 Å². The lowest BCUT2D eigenvalue weighted by molar-refractivity contribution is -0.683. The maximum absolute atomic E-state index is 15.4. The summed E-state index contributed by atoms with van der Waals surface area (Å²) >= 11 is 16.2. The monoisotopic (exact) mass is 1040 g/mol. The van der Waals surface area contributed by atoms with Gasteiger partial charge >= 0.3 is 9.95 Å². The lowest BCUT2D eigenvalue weighted by atomic mass is 9.12.